The largest absolute Gasteiger partial charge is 0.465 e. The van der Waals surface area contributed by atoms with Gasteiger partial charge in [0, 0.05) is 30.6 Å². The lowest BCUT2D eigenvalue weighted by molar-refractivity contribution is -0.133. The Bertz CT molecular complexity index is 1250. The molecule has 178 valence electrons. The van der Waals surface area contributed by atoms with Crippen LogP contribution in [0, 0.1) is 17.5 Å². The zero-order valence-electron chi connectivity index (χ0n) is 18.3. The molecular weight excluding hydrogens is 451 g/mol. The molecule has 0 unspecified atom stereocenters. The van der Waals surface area contributed by atoms with Crippen molar-refractivity contribution in [1.29, 1.82) is 0 Å². The third-order valence-electron chi connectivity index (χ3n) is 5.71. The van der Waals surface area contributed by atoms with E-state index in [2.05, 4.69) is 10.3 Å². The highest BCUT2D eigenvalue weighted by atomic mass is 19.2. The zero-order valence-corrected chi connectivity index (χ0v) is 18.3. The van der Waals surface area contributed by atoms with Crippen LogP contribution in [0.15, 0.2) is 36.4 Å². The van der Waals surface area contributed by atoms with Gasteiger partial charge in [-0.15, -0.1) is 5.10 Å². The molecule has 1 amide bonds. The van der Waals surface area contributed by atoms with Crippen LogP contribution in [0.25, 0.3) is 11.3 Å². The molecule has 0 bridgehead atoms. The van der Waals surface area contributed by atoms with E-state index < -0.39 is 29.5 Å². The number of benzene rings is 2. The van der Waals surface area contributed by atoms with Gasteiger partial charge in [0.1, 0.15) is 11.5 Å². The molecule has 3 aromatic rings. The Morgan fingerprint density at radius 3 is 2.62 bits per heavy atom. The summed E-state index contributed by atoms with van der Waals surface area (Å²) in [6.07, 6.45) is -0.242. The van der Waals surface area contributed by atoms with Gasteiger partial charge < -0.3 is 15.4 Å². The van der Waals surface area contributed by atoms with E-state index in [9.17, 15) is 22.8 Å². The van der Waals surface area contributed by atoms with Gasteiger partial charge >= 0.3 is 5.97 Å². The van der Waals surface area contributed by atoms with Crippen molar-refractivity contribution in [3.05, 3.63) is 70.7 Å². The number of carbonyl (C=O) groups excluding carboxylic acids is 2. The second-order valence-electron chi connectivity index (χ2n) is 7.99. The van der Waals surface area contributed by atoms with Crippen LogP contribution in [0.2, 0.25) is 0 Å². The predicted octanol–water partition coefficient (Wildman–Crippen LogP) is 2.45. The highest BCUT2D eigenvalue weighted by Gasteiger charge is 2.28. The molecule has 0 spiro atoms. The molecule has 1 aliphatic rings. The average Bonchev–Trinajstić information content (AvgIpc) is 3.25. The van der Waals surface area contributed by atoms with Crippen LogP contribution in [0.5, 0.6) is 0 Å². The van der Waals surface area contributed by atoms with Crippen LogP contribution in [0.1, 0.15) is 28.0 Å². The molecule has 34 heavy (non-hydrogen) atoms. The first-order valence-corrected chi connectivity index (χ1v) is 10.5. The lowest BCUT2D eigenvalue weighted by Crippen LogP contribution is -2.41. The number of halogens is 3. The second-order valence-corrected chi connectivity index (χ2v) is 7.99. The Labute approximate surface area is 193 Å². The van der Waals surface area contributed by atoms with Gasteiger partial charge in [0.05, 0.1) is 31.5 Å². The fourth-order valence-electron chi connectivity index (χ4n) is 3.97. The maximum absolute atomic E-state index is 13.9. The summed E-state index contributed by atoms with van der Waals surface area (Å²) in [5.74, 6) is -4.17. The Kier molecular flexibility index (Phi) is 6.64. The third kappa shape index (κ3) is 4.65. The molecule has 1 aromatic heterocycles. The SMILES string of the molecule is COC(=O)c1ccccc1-c1nnn2c1CN(C(=O)C[C@H](N)Cc1cc(F)c(F)cc1F)CC2. The van der Waals surface area contributed by atoms with Crippen LogP contribution in [-0.2, 0) is 29.0 Å². The predicted molar refractivity (Wildman–Crippen MR) is 115 cm³/mol. The summed E-state index contributed by atoms with van der Waals surface area (Å²) in [5.41, 5.74) is 7.90. The summed E-state index contributed by atoms with van der Waals surface area (Å²) in [6, 6.07) is 7.24. The van der Waals surface area contributed by atoms with Gasteiger partial charge in [-0.3, -0.25) is 4.79 Å². The Balaban J connectivity index is 1.49. The lowest BCUT2D eigenvalue weighted by atomic mass is 10.0. The molecule has 8 nitrogen and oxygen atoms in total. The summed E-state index contributed by atoms with van der Waals surface area (Å²) >= 11 is 0. The average molecular weight is 473 g/mol. The van der Waals surface area contributed by atoms with E-state index in [1.54, 1.807) is 33.8 Å². The molecule has 0 aliphatic carbocycles. The van der Waals surface area contributed by atoms with Crippen LogP contribution in [-0.4, -0.2) is 51.5 Å². The molecular formula is C23H22F3N5O3. The van der Waals surface area contributed by atoms with Crippen molar-refractivity contribution >= 4 is 11.9 Å². The minimum atomic E-state index is -1.28. The quantitative estimate of drug-likeness (QED) is 0.436. The Morgan fingerprint density at radius 2 is 1.85 bits per heavy atom. The molecule has 4 rings (SSSR count). The van der Waals surface area contributed by atoms with Crippen molar-refractivity contribution in [2.24, 2.45) is 5.73 Å². The summed E-state index contributed by atoms with van der Waals surface area (Å²) in [5, 5.41) is 8.35. The number of ether oxygens (including phenoxy) is 1. The van der Waals surface area contributed by atoms with E-state index in [4.69, 9.17) is 10.5 Å². The number of methoxy groups -OCH3 is 1. The van der Waals surface area contributed by atoms with Gasteiger partial charge in [-0.05, 0) is 24.1 Å². The molecule has 2 aromatic carbocycles. The summed E-state index contributed by atoms with van der Waals surface area (Å²) < 4.78 is 47.0. The van der Waals surface area contributed by atoms with E-state index >= 15 is 0 Å². The van der Waals surface area contributed by atoms with Crippen molar-refractivity contribution in [3.63, 3.8) is 0 Å². The molecule has 2 heterocycles. The summed E-state index contributed by atoms with van der Waals surface area (Å²) in [6.45, 7) is 0.934. The Morgan fingerprint density at radius 1 is 1.12 bits per heavy atom. The fourth-order valence-corrected chi connectivity index (χ4v) is 3.97. The van der Waals surface area contributed by atoms with Gasteiger partial charge in [0.2, 0.25) is 5.91 Å². The van der Waals surface area contributed by atoms with Crippen molar-refractivity contribution in [2.75, 3.05) is 13.7 Å². The monoisotopic (exact) mass is 473 g/mol. The highest BCUT2D eigenvalue weighted by Crippen LogP contribution is 2.28. The second kappa shape index (κ2) is 9.64. The van der Waals surface area contributed by atoms with Gasteiger partial charge in [0.25, 0.3) is 0 Å². The van der Waals surface area contributed by atoms with Crippen molar-refractivity contribution in [3.8, 4) is 11.3 Å². The van der Waals surface area contributed by atoms with Crippen LogP contribution in [0.3, 0.4) is 0 Å². The number of hydrogen-bond acceptors (Lipinski definition) is 6. The van der Waals surface area contributed by atoms with Crippen molar-refractivity contribution in [1.82, 2.24) is 19.9 Å². The minimum absolute atomic E-state index is 0.0955. The highest BCUT2D eigenvalue weighted by molar-refractivity contribution is 5.97. The first kappa shape index (κ1) is 23.4. The normalized spacial score (nSPS) is 14.0. The van der Waals surface area contributed by atoms with E-state index in [-0.39, 0.29) is 30.9 Å². The van der Waals surface area contributed by atoms with Gasteiger partial charge in [0.15, 0.2) is 11.6 Å². The molecule has 0 saturated carbocycles. The van der Waals surface area contributed by atoms with E-state index in [1.165, 1.54) is 7.11 Å². The summed E-state index contributed by atoms with van der Waals surface area (Å²) in [7, 11) is 1.29. The Hall–Kier alpha value is -3.73. The van der Waals surface area contributed by atoms with Gasteiger partial charge in [-0.25, -0.2) is 22.6 Å². The molecule has 11 heteroatoms. The third-order valence-corrected chi connectivity index (χ3v) is 5.71. The number of hydrogen-bond donors (Lipinski definition) is 1. The molecule has 1 aliphatic heterocycles. The van der Waals surface area contributed by atoms with Gasteiger partial charge in [-0.1, -0.05) is 23.4 Å². The number of amides is 1. The maximum Gasteiger partial charge on any atom is 0.338 e. The van der Waals surface area contributed by atoms with Gasteiger partial charge in [-0.2, -0.15) is 0 Å². The summed E-state index contributed by atoms with van der Waals surface area (Å²) in [4.78, 5) is 26.7. The number of carbonyl (C=O) groups is 2. The topological polar surface area (TPSA) is 103 Å². The molecule has 2 N–H and O–H groups in total. The van der Waals surface area contributed by atoms with E-state index in [0.717, 1.165) is 6.07 Å². The smallest absolute Gasteiger partial charge is 0.338 e. The van der Waals surface area contributed by atoms with E-state index in [1.807, 2.05) is 0 Å². The molecule has 0 saturated heterocycles. The van der Waals surface area contributed by atoms with Crippen LogP contribution >= 0.6 is 0 Å². The zero-order chi connectivity index (χ0) is 24.4. The van der Waals surface area contributed by atoms with Crippen LogP contribution in [0.4, 0.5) is 13.2 Å². The minimum Gasteiger partial charge on any atom is -0.465 e. The molecule has 0 radical (unpaired) electrons. The number of nitrogens with zero attached hydrogens (tertiary/aromatic N) is 4. The van der Waals surface area contributed by atoms with Crippen molar-refractivity contribution < 1.29 is 27.5 Å². The lowest BCUT2D eigenvalue weighted by Gasteiger charge is -2.29. The first-order valence-electron chi connectivity index (χ1n) is 10.5. The molecule has 0 fully saturated rings. The molecule has 1 atom stereocenters. The van der Waals surface area contributed by atoms with E-state index in [0.29, 0.717) is 41.7 Å². The standard InChI is InChI=1S/C23H22F3N5O3/c1-34-23(33)16-5-3-2-4-15(16)22-20-12-30(6-7-31(20)29-28-22)21(32)10-14(27)8-13-9-18(25)19(26)11-17(13)24/h2-5,9,11,14H,6-8,10,12,27H2,1H3/t14-/m1/s1. The van der Waals surface area contributed by atoms with Crippen molar-refractivity contribution in [2.45, 2.75) is 32.0 Å². The van der Waals surface area contributed by atoms with Crippen LogP contribution < -0.4 is 5.73 Å². The number of aromatic nitrogens is 3. The number of esters is 1. The number of nitrogens with two attached hydrogens (primary N) is 1. The first-order chi connectivity index (χ1) is 16.3. The number of rotatable bonds is 6. The maximum atomic E-state index is 13.9. The number of fused-ring (bicyclic) bond motifs is 1. The fraction of sp³-hybridized carbons (Fsp3) is 0.304.